The molecule has 1 saturated heterocycles. The zero-order chi connectivity index (χ0) is 19.5. The summed E-state index contributed by atoms with van der Waals surface area (Å²) < 4.78 is 16.5. The van der Waals surface area contributed by atoms with Crippen LogP contribution in [0.1, 0.15) is 22.2 Å². The number of morpholine rings is 1. The third-order valence-corrected chi connectivity index (χ3v) is 4.99. The zero-order valence-corrected chi connectivity index (χ0v) is 15.9. The number of carbonyl (C=O) groups is 1. The molecule has 144 valence electrons. The molecule has 1 aromatic heterocycles. The lowest BCUT2D eigenvalue weighted by Crippen LogP contribution is -2.42. The average Bonchev–Trinajstić information content (AvgIpc) is 2.77. The maximum absolute atomic E-state index is 13.0. The average molecular weight is 378 g/mol. The maximum atomic E-state index is 13.0. The molecule has 0 radical (unpaired) electrons. The van der Waals surface area contributed by atoms with Gasteiger partial charge in [0.15, 0.2) is 5.69 Å². The molecule has 4 rings (SSSR count). The van der Waals surface area contributed by atoms with Gasteiger partial charge in [0.05, 0.1) is 27.4 Å². The Morgan fingerprint density at radius 2 is 1.93 bits per heavy atom. The number of pyridine rings is 1. The van der Waals surface area contributed by atoms with Gasteiger partial charge in [-0.2, -0.15) is 0 Å². The van der Waals surface area contributed by atoms with Crippen molar-refractivity contribution in [2.75, 3.05) is 33.9 Å². The number of ether oxygens (including phenoxy) is 3. The zero-order valence-electron chi connectivity index (χ0n) is 15.9. The van der Waals surface area contributed by atoms with E-state index in [-0.39, 0.29) is 12.0 Å². The van der Waals surface area contributed by atoms with Crippen molar-refractivity contribution in [3.8, 4) is 11.5 Å². The van der Waals surface area contributed by atoms with Gasteiger partial charge in [-0.3, -0.25) is 4.79 Å². The second-order valence-electron chi connectivity index (χ2n) is 6.64. The lowest BCUT2D eigenvalue weighted by atomic mass is 10.0. The molecule has 6 nitrogen and oxygen atoms in total. The molecule has 0 spiro atoms. The van der Waals surface area contributed by atoms with E-state index in [0.29, 0.717) is 31.1 Å². The summed E-state index contributed by atoms with van der Waals surface area (Å²) in [6, 6.07) is 15.7. The van der Waals surface area contributed by atoms with Crippen molar-refractivity contribution < 1.29 is 19.0 Å². The van der Waals surface area contributed by atoms with E-state index in [1.165, 1.54) is 0 Å². The van der Waals surface area contributed by atoms with Crippen LogP contribution in [0.3, 0.4) is 0 Å². The quantitative estimate of drug-likeness (QED) is 0.696. The molecule has 28 heavy (non-hydrogen) atoms. The summed E-state index contributed by atoms with van der Waals surface area (Å²) in [5.74, 6) is 1.17. The highest BCUT2D eigenvalue weighted by molar-refractivity contribution is 5.95. The van der Waals surface area contributed by atoms with Crippen LogP contribution < -0.4 is 9.47 Å². The minimum atomic E-state index is -0.182. The molecule has 0 saturated carbocycles. The van der Waals surface area contributed by atoms with Gasteiger partial charge in [0.1, 0.15) is 17.6 Å². The van der Waals surface area contributed by atoms with E-state index < -0.39 is 0 Å². The Hall–Kier alpha value is -3.12. The molecule has 0 unspecified atom stereocenters. The van der Waals surface area contributed by atoms with Crippen LogP contribution >= 0.6 is 0 Å². The van der Waals surface area contributed by atoms with Crippen LogP contribution in [-0.4, -0.2) is 49.7 Å². The molecule has 2 heterocycles. The van der Waals surface area contributed by atoms with E-state index in [1.807, 2.05) is 24.3 Å². The fourth-order valence-corrected chi connectivity index (χ4v) is 3.47. The highest BCUT2D eigenvalue weighted by Crippen LogP contribution is 2.29. The molecule has 6 heteroatoms. The first-order chi connectivity index (χ1) is 13.7. The first-order valence-corrected chi connectivity index (χ1v) is 9.17. The van der Waals surface area contributed by atoms with E-state index in [9.17, 15) is 4.79 Å². The van der Waals surface area contributed by atoms with Gasteiger partial charge in [-0.05, 0) is 46.7 Å². The SMILES string of the molecule is COc1ccc2cc([C@H]3CN(C(=O)c4ncccc4OC)CCO3)ccc2c1. The van der Waals surface area contributed by atoms with E-state index in [1.54, 1.807) is 37.4 Å². The van der Waals surface area contributed by atoms with Gasteiger partial charge in [0.2, 0.25) is 0 Å². The van der Waals surface area contributed by atoms with Crippen LogP contribution in [0.2, 0.25) is 0 Å². The molecule has 1 amide bonds. The van der Waals surface area contributed by atoms with Crippen molar-refractivity contribution in [1.82, 2.24) is 9.88 Å². The van der Waals surface area contributed by atoms with Crippen LogP contribution in [-0.2, 0) is 4.74 Å². The maximum Gasteiger partial charge on any atom is 0.276 e. The fraction of sp³-hybridized carbons (Fsp3) is 0.273. The predicted molar refractivity (Wildman–Crippen MR) is 106 cm³/mol. The minimum Gasteiger partial charge on any atom is -0.497 e. The highest BCUT2D eigenvalue weighted by atomic mass is 16.5. The van der Waals surface area contributed by atoms with E-state index in [2.05, 4.69) is 17.1 Å². The first-order valence-electron chi connectivity index (χ1n) is 9.17. The Morgan fingerprint density at radius 1 is 1.11 bits per heavy atom. The fourth-order valence-electron chi connectivity index (χ4n) is 3.47. The largest absolute Gasteiger partial charge is 0.497 e. The number of nitrogens with zero attached hydrogens (tertiary/aromatic N) is 2. The molecule has 3 aromatic rings. The molecular formula is C22H22N2O4. The summed E-state index contributed by atoms with van der Waals surface area (Å²) in [6.45, 7) is 1.48. The Balaban J connectivity index is 1.56. The summed E-state index contributed by atoms with van der Waals surface area (Å²) in [4.78, 5) is 18.9. The molecule has 0 aliphatic carbocycles. The molecule has 0 bridgehead atoms. The van der Waals surface area contributed by atoms with Crippen molar-refractivity contribution in [2.24, 2.45) is 0 Å². The van der Waals surface area contributed by atoms with Gasteiger partial charge >= 0.3 is 0 Å². The summed E-state index contributed by atoms with van der Waals surface area (Å²) in [5.41, 5.74) is 1.37. The van der Waals surface area contributed by atoms with Gasteiger partial charge in [-0.25, -0.2) is 4.98 Å². The van der Waals surface area contributed by atoms with Gasteiger partial charge in [-0.15, -0.1) is 0 Å². The molecule has 1 fully saturated rings. The van der Waals surface area contributed by atoms with Gasteiger partial charge in [0.25, 0.3) is 5.91 Å². The van der Waals surface area contributed by atoms with Crippen LogP contribution in [0.5, 0.6) is 11.5 Å². The summed E-state index contributed by atoms with van der Waals surface area (Å²) >= 11 is 0. The van der Waals surface area contributed by atoms with Crippen LogP contribution in [0.4, 0.5) is 0 Å². The first kappa shape index (κ1) is 18.3. The van der Waals surface area contributed by atoms with E-state index in [4.69, 9.17) is 14.2 Å². The van der Waals surface area contributed by atoms with Crippen molar-refractivity contribution in [3.05, 3.63) is 66.0 Å². The minimum absolute atomic E-state index is 0.142. The monoisotopic (exact) mass is 378 g/mol. The number of carbonyl (C=O) groups excluding carboxylic acids is 1. The topological polar surface area (TPSA) is 60.9 Å². The van der Waals surface area contributed by atoms with Crippen molar-refractivity contribution in [1.29, 1.82) is 0 Å². The Kier molecular flexibility index (Phi) is 5.12. The Labute approximate surface area is 163 Å². The van der Waals surface area contributed by atoms with Gasteiger partial charge in [-0.1, -0.05) is 18.2 Å². The smallest absolute Gasteiger partial charge is 0.276 e. The number of fused-ring (bicyclic) bond motifs is 1. The molecule has 1 aliphatic rings. The molecular weight excluding hydrogens is 356 g/mol. The molecule has 2 aromatic carbocycles. The number of rotatable bonds is 4. The summed E-state index contributed by atoms with van der Waals surface area (Å²) in [5, 5.41) is 2.21. The van der Waals surface area contributed by atoms with Gasteiger partial charge in [0, 0.05) is 12.7 Å². The number of benzene rings is 2. The number of aromatic nitrogens is 1. The van der Waals surface area contributed by atoms with E-state index in [0.717, 1.165) is 22.1 Å². The number of hydrogen-bond donors (Lipinski definition) is 0. The predicted octanol–water partition coefficient (Wildman–Crippen LogP) is 3.47. The highest BCUT2D eigenvalue weighted by Gasteiger charge is 2.28. The van der Waals surface area contributed by atoms with Crippen molar-refractivity contribution >= 4 is 16.7 Å². The molecule has 1 aliphatic heterocycles. The number of hydrogen-bond acceptors (Lipinski definition) is 5. The lowest BCUT2D eigenvalue weighted by Gasteiger charge is -2.33. The van der Waals surface area contributed by atoms with Crippen molar-refractivity contribution in [3.63, 3.8) is 0 Å². The third kappa shape index (κ3) is 3.51. The molecule has 1 atom stereocenters. The number of amides is 1. The normalized spacial score (nSPS) is 16.8. The van der Waals surface area contributed by atoms with Crippen LogP contribution in [0.15, 0.2) is 54.7 Å². The van der Waals surface area contributed by atoms with Gasteiger partial charge < -0.3 is 19.1 Å². The summed E-state index contributed by atoms with van der Waals surface area (Å²) in [6.07, 6.45) is 1.42. The second-order valence-corrected chi connectivity index (χ2v) is 6.64. The number of methoxy groups -OCH3 is 2. The Bertz CT molecular complexity index is 1000. The van der Waals surface area contributed by atoms with Crippen LogP contribution in [0, 0.1) is 0 Å². The second kappa shape index (κ2) is 7.86. The summed E-state index contributed by atoms with van der Waals surface area (Å²) in [7, 11) is 3.20. The standard InChI is InChI=1S/C22H22N2O4/c1-26-18-8-7-15-12-17(6-5-16(15)13-18)20-14-24(10-11-28-20)22(25)21-19(27-2)4-3-9-23-21/h3-9,12-13,20H,10-11,14H2,1-2H3/t20-/m1/s1. The lowest BCUT2D eigenvalue weighted by molar-refractivity contribution is -0.0230. The Morgan fingerprint density at radius 3 is 2.75 bits per heavy atom. The third-order valence-electron chi connectivity index (χ3n) is 4.99. The van der Waals surface area contributed by atoms with Crippen LogP contribution in [0.25, 0.3) is 10.8 Å². The van der Waals surface area contributed by atoms with E-state index >= 15 is 0 Å². The van der Waals surface area contributed by atoms with Crippen molar-refractivity contribution in [2.45, 2.75) is 6.10 Å². The molecule has 0 N–H and O–H groups in total.